The zero-order valence-corrected chi connectivity index (χ0v) is 13.7. The Morgan fingerprint density at radius 3 is 2.75 bits per heavy atom. The summed E-state index contributed by atoms with van der Waals surface area (Å²) in [6.45, 7) is 2.90. The van der Waals surface area contributed by atoms with E-state index in [1.54, 1.807) is 12.1 Å². The number of sulfone groups is 1. The van der Waals surface area contributed by atoms with Crippen molar-refractivity contribution in [3.8, 4) is 0 Å². The Morgan fingerprint density at radius 1 is 1.30 bits per heavy atom. The fraction of sp³-hybridized carbons (Fsp3) is 0.571. The van der Waals surface area contributed by atoms with Gasteiger partial charge in [-0.1, -0.05) is 36.5 Å². The Balaban J connectivity index is 2.31. The summed E-state index contributed by atoms with van der Waals surface area (Å²) in [5, 5.41) is 3.56. The van der Waals surface area contributed by atoms with Gasteiger partial charge >= 0.3 is 0 Å². The molecule has 0 amide bonds. The predicted molar refractivity (Wildman–Crippen MR) is 83.4 cm³/mol. The maximum Gasteiger partial charge on any atom is 0.184 e. The summed E-state index contributed by atoms with van der Waals surface area (Å²) in [5.74, 6) is 0. The van der Waals surface area contributed by atoms with Gasteiger partial charge in [0.2, 0.25) is 0 Å². The van der Waals surface area contributed by atoms with Gasteiger partial charge in [-0.3, -0.25) is 0 Å². The zero-order chi connectivity index (χ0) is 14.8. The molecule has 1 N–H and O–H groups in total. The Morgan fingerprint density at radius 2 is 2.05 bits per heavy atom. The van der Waals surface area contributed by atoms with Crippen molar-refractivity contribution in [2.24, 2.45) is 0 Å². The molecular weight excluding hydrogens is 317 g/mol. The van der Waals surface area contributed by atoms with Crippen LogP contribution in [-0.4, -0.2) is 26.3 Å². The van der Waals surface area contributed by atoms with Crippen LogP contribution in [0.3, 0.4) is 0 Å². The SMILES string of the molecule is CCCNC1CCCC1S(=O)(=O)c1cc(Cl)ccc1Cl. The van der Waals surface area contributed by atoms with Gasteiger partial charge in [-0.2, -0.15) is 0 Å². The zero-order valence-electron chi connectivity index (χ0n) is 11.4. The van der Waals surface area contributed by atoms with Crippen molar-refractivity contribution in [1.82, 2.24) is 5.32 Å². The van der Waals surface area contributed by atoms with Crippen LogP contribution in [0.25, 0.3) is 0 Å². The number of rotatable bonds is 5. The maximum atomic E-state index is 12.8. The normalized spacial score (nSPS) is 23.1. The highest BCUT2D eigenvalue weighted by atomic mass is 35.5. The lowest BCUT2D eigenvalue weighted by Crippen LogP contribution is -2.40. The molecule has 6 heteroatoms. The van der Waals surface area contributed by atoms with Crippen LogP contribution in [0.15, 0.2) is 23.1 Å². The molecule has 112 valence electrons. The summed E-state index contributed by atoms with van der Waals surface area (Å²) in [6, 6.07) is 4.61. The molecular formula is C14H19Cl2NO2S. The molecule has 0 aliphatic heterocycles. The highest BCUT2D eigenvalue weighted by Crippen LogP contribution is 2.34. The van der Waals surface area contributed by atoms with Crippen LogP contribution in [0, 0.1) is 0 Å². The Hall–Kier alpha value is -0.290. The third-order valence-corrected chi connectivity index (χ3v) is 6.70. The van der Waals surface area contributed by atoms with Gasteiger partial charge in [0.15, 0.2) is 9.84 Å². The summed E-state index contributed by atoms with van der Waals surface area (Å²) in [7, 11) is -3.45. The minimum Gasteiger partial charge on any atom is -0.313 e. The molecule has 1 aliphatic carbocycles. The van der Waals surface area contributed by atoms with Crippen LogP contribution >= 0.6 is 23.2 Å². The van der Waals surface area contributed by atoms with E-state index in [4.69, 9.17) is 23.2 Å². The average Bonchev–Trinajstić information content (AvgIpc) is 2.88. The van der Waals surface area contributed by atoms with Crippen molar-refractivity contribution >= 4 is 33.0 Å². The lowest BCUT2D eigenvalue weighted by Gasteiger charge is -2.21. The van der Waals surface area contributed by atoms with Gasteiger partial charge < -0.3 is 5.32 Å². The molecule has 3 nitrogen and oxygen atoms in total. The predicted octanol–water partition coefficient (Wildman–Crippen LogP) is 3.69. The first-order valence-electron chi connectivity index (χ1n) is 6.89. The molecule has 1 aromatic carbocycles. The van der Waals surface area contributed by atoms with Crippen LogP contribution in [0.4, 0.5) is 0 Å². The third kappa shape index (κ3) is 3.30. The lowest BCUT2D eigenvalue weighted by atomic mass is 10.2. The van der Waals surface area contributed by atoms with Gasteiger partial charge in [0.25, 0.3) is 0 Å². The summed E-state index contributed by atoms with van der Waals surface area (Å²) < 4.78 is 25.6. The van der Waals surface area contributed by atoms with Gasteiger partial charge in [-0.15, -0.1) is 0 Å². The molecule has 20 heavy (non-hydrogen) atoms. The number of hydrogen-bond donors (Lipinski definition) is 1. The van der Waals surface area contributed by atoms with E-state index in [0.717, 1.165) is 25.8 Å². The molecule has 1 fully saturated rings. The van der Waals surface area contributed by atoms with Gasteiger partial charge in [0, 0.05) is 11.1 Å². The summed E-state index contributed by atoms with van der Waals surface area (Å²) in [4.78, 5) is 0.155. The molecule has 0 radical (unpaired) electrons. The maximum absolute atomic E-state index is 12.8. The molecule has 1 aliphatic rings. The van der Waals surface area contributed by atoms with E-state index in [1.807, 2.05) is 0 Å². The standard InChI is InChI=1S/C14H19Cl2NO2S/c1-2-8-17-12-4-3-5-13(12)20(18,19)14-9-10(15)6-7-11(14)16/h6-7,9,12-13,17H,2-5,8H2,1H3. The monoisotopic (exact) mass is 335 g/mol. The average molecular weight is 336 g/mol. The number of hydrogen-bond acceptors (Lipinski definition) is 3. The second kappa shape index (κ2) is 6.65. The topological polar surface area (TPSA) is 46.2 Å². The van der Waals surface area contributed by atoms with E-state index in [1.165, 1.54) is 6.07 Å². The van der Waals surface area contributed by atoms with Gasteiger partial charge in [0.05, 0.1) is 15.2 Å². The van der Waals surface area contributed by atoms with Crippen LogP contribution in [0.2, 0.25) is 10.0 Å². The number of nitrogens with one attached hydrogen (secondary N) is 1. The van der Waals surface area contributed by atoms with Crippen LogP contribution < -0.4 is 5.32 Å². The van der Waals surface area contributed by atoms with E-state index in [2.05, 4.69) is 12.2 Å². The molecule has 0 bridgehead atoms. The molecule has 1 saturated carbocycles. The fourth-order valence-electron chi connectivity index (χ4n) is 2.72. The first-order chi connectivity index (χ1) is 9.46. The second-order valence-corrected chi connectivity index (χ2v) is 8.13. The summed E-state index contributed by atoms with van der Waals surface area (Å²) >= 11 is 12.0. The fourth-order valence-corrected chi connectivity index (χ4v) is 5.49. The number of benzene rings is 1. The van der Waals surface area contributed by atoms with Gasteiger partial charge in [-0.25, -0.2) is 8.42 Å². The van der Waals surface area contributed by atoms with Crippen LogP contribution in [0.5, 0.6) is 0 Å². The van der Waals surface area contributed by atoms with E-state index >= 15 is 0 Å². The molecule has 0 saturated heterocycles. The Kier molecular flexibility index (Phi) is 5.35. The van der Waals surface area contributed by atoms with Crippen molar-refractivity contribution < 1.29 is 8.42 Å². The third-order valence-electron chi connectivity index (χ3n) is 3.71. The molecule has 2 atom stereocenters. The molecule has 2 unspecified atom stereocenters. The van der Waals surface area contributed by atoms with Gasteiger partial charge in [-0.05, 0) is 44.0 Å². The molecule has 0 aromatic heterocycles. The first-order valence-corrected chi connectivity index (χ1v) is 9.19. The van der Waals surface area contributed by atoms with Crippen molar-refractivity contribution in [1.29, 1.82) is 0 Å². The second-order valence-electron chi connectivity index (χ2n) is 5.15. The molecule has 2 rings (SSSR count). The summed E-state index contributed by atoms with van der Waals surface area (Å²) in [6.07, 6.45) is 3.47. The van der Waals surface area contributed by atoms with Crippen LogP contribution in [-0.2, 0) is 9.84 Å². The molecule has 0 spiro atoms. The quantitative estimate of drug-likeness (QED) is 0.892. The Bertz CT molecular complexity index is 575. The largest absolute Gasteiger partial charge is 0.313 e. The van der Waals surface area contributed by atoms with Crippen molar-refractivity contribution in [2.75, 3.05) is 6.54 Å². The summed E-state index contributed by atoms with van der Waals surface area (Å²) in [5.41, 5.74) is 0. The van der Waals surface area contributed by atoms with E-state index in [0.29, 0.717) is 11.4 Å². The minimum absolute atomic E-state index is 0.00926. The molecule has 1 aromatic rings. The Labute approximate surface area is 130 Å². The van der Waals surface area contributed by atoms with Gasteiger partial charge in [0.1, 0.15) is 0 Å². The highest BCUT2D eigenvalue weighted by Gasteiger charge is 2.38. The number of halogens is 2. The molecule has 0 heterocycles. The van der Waals surface area contributed by atoms with E-state index in [-0.39, 0.29) is 16.0 Å². The highest BCUT2D eigenvalue weighted by molar-refractivity contribution is 7.92. The minimum atomic E-state index is -3.45. The smallest absolute Gasteiger partial charge is 0.184 e. The van der Waals surface area contributed by atoms with Crippen molar-refractivity contribution in [3.05, 3.63) is 28.2 Å². The lowest BCUT2D eigenvalue weighted by molar-refractivity contribution is 0.505. The first kappa shape index (κ1) is 16.1. The van der Waals surface area contributed by atoms with E-state index < -0.39 is 15.1 Å². The van der Waals surface area contributed by atoms with E-state index in [9.17, 15) is 8.42 Å². The van der Waals surface area contributed by atoms with Crippen molar-refractivity contribution in [2.45, 2.75) is 48.8 Å². The van der Waals surface area contributed by atoms with Crippen molar-refractivity contribution in [3.63, 3.8) is 0 Å². The van der Waals surface area contributed by atoms with Crippen LogP contribution in [0.1, 0.15) is 32.6 Å².